The molecular formula is C17H21N3O. The highest BCUT2D eigenvalue weighted by Gasteiger charge is 2.06. The molecule has 0 spiro atoms. The van der Waals surface area contributed by atoms with Crippen molar-refractivity contribution in [2.24, 2.45) is 0 Å². The van der Waals surface area contributed by atoms with Crippen LogP contribution in [0.3, 0.4) is 0 Å². The Labute approximate surface area is 125 Å². The molecule has 4 heteroatoms. The molecular weight excluding hydrogens is 262 g/mol. The smallest absolute Gasteiger partial charge is 0.269 e. The van der Waals surface area contributed by atoms with Crippen LogP contribution in [0.1, 0.15) is 35.8 Å². The molecule has 0 aliphatic carbocycles. The third-order valence-electron chi connectivity index (χ3n) is 3.24. The number of pyridine rings is 1. The molecule has 21 heavy (non-hydrogen) atoms. The van der Waals surface area contributed by atoms with E-state index in [2.05, 4.69) is 22.5 Å². The molecule has 0 saturated carbocycles. The Morgan fingerprint density at radius 1 is 1.19 bits per heavy atom. The van der Waals surface area contributed by atoms with E-state index < -0.39 is 0 Å². The van der Waals surface area contributed by atoms with E-state index in [0.29, 0.717) is 12.2 Å². The van der Waals surface area contributed by atoms with Crippen molar-refractivity contribution in [2.75, 3.05) is 11.9 Å². The Morgan fingerprint density at radius 3 is 2.67 bits per heavy atom. The first kappa shape index (κ1) is 15.0. The van der Waals surface area contributed by atoms with E-state index in [-0.39, 0.29) is 5.91 Å². The summed E-state index contributed by atoms with van der Waals surface area (Å²) in [6, 6.07) is 11.7. The van der Waals surface area contributed by atoms with Crippen LogP contribution in [0, 0.1) is 6.92 Å². The summed E-state index contributed by atoms with van der Waals surface area (Å²) in [5, 5.41) is 6.15. The minimum Gasteiger partial charge on any atom is -0.354 e. The lowest BCUT2D eigenvalue weighted by atomic mass is 10.2. The zero-order valence-electron chi connectivity index (χ0n) is 12.5. The number of nitrogens with one attached hydrogen (secondary N) is 2. The molecule has 1 amide bonds. The standard InChI is InChI=1S/C17H21N3O/c1-3-4-11-18-17(21)16-10-9-14(12-19-16)20-15-8-6-5-7-13(15)2/h5-10,12,20H,3-4,11H2,1-2H3,(H,18,21). The van der Waals surface area contributed by atoms with Gasteiger partial charge in [0, 0.05) is 12.2 Å². The minimum atomic E-state index is -0.120. The topological polar surface area (TPSA) is 54.0 Å². The van der Waals surface area contributed by atoms with Crippen LogP contribution >= 0.6 is 0 Å². The summed E-state index contributed by atoms with van der Waals surface area (Å²) in [5.74, 6) is -0.120. The van der Waals surface area contributed by atoms with Crippen molar-refractivity contribution < 1.29 is 4.79 Å². The van der Waals surface area contributed by atoms with Gasteiger partial charge in [0.25, 0.3) is 5.91 Å². The van der Waals surface area contributed by atoms with Crippen LogP contribution < -0.4 is 10.6 Å². The first-order valence-electron chi connectivity index (χ1n) is 7.27. The summed E-state index contributed by atoms with van der Waals surface area (Å²) in [6.07, 6.45) is 3.73. The number of para-hydroxylation sites is 1. The molecule has 0 unspecified atom stereocenters. The Bertz CT molecular complexity index is 593. The molecule has 0 radical (unpaired) electrons. The van der Waals surface area contributed by atoms with Crippen LogP contribution in [0.25, 0.3) is 0 Å². The van der Waals surface area contributed by atoms with Gasteiger partial charge in [-0.2, -0.15) is 0 Å². The second kappa shape index (κ2) is 7.43. The fraction of sp³-hybridized carbons (Fsp3) is 0.294. The molecule has 0 saturated heterocycles. The van der Waals surface area contributed by atoms with Crippen molar-refractivity contribution in [3.05, 3.63) is 53.9 Å². The Morgan fingerprint density at radius 2 is 2.00 bits per heavy atom. The third-order valence-corrected chi connectivity index (χ3v) is 3.24. The van der Waals surface area contributed by atoms with Crippen molar-refractivity contribution in [2.45, 2.75) is 26.7 Å². The summed E-state index contributed by atoms with van der Waals surface area (Å²) >= 11 is 0. The molecule has 2 rings (SSSR count). The molecule has 0 aliphatic rings. The summed E-state index contributed by atoms with van der Waals surface area (Å²) in [5.41, 5.74) is 3.52. The maximum absolute atomic E-state index is 11.8. The van der Waals surface area contributed by atoms with Crippen LogP contribution in [0.5, 0.6) is 0 Å². The van der Waals surface area contributed by atoms with Crippen molar-refractivity contribution in [3.63, 3.8) is 0 Å². The highest BCUT2D eigenvalue weighted by Crippen LogP contribution is 2.19. The fourth-order valence-corrected chi connectivity index (χ4v) is 1.94. The number of carbonyl (C=O) groups is 1. The number of aromatic nitrogens is 1. The van der Waals surface area contributed by atoms with Gasteiger partial charge < -0.3 is 10.6 Å². The average Bonchev–Trinajstić information content (AvgIpc) is 2.50. The first-order valence-corrected chi connectivity index (χ1v) is 7.27. The molecule has 4 nitrogen and oxygen atoms in total. The van der Waals surface area contributed by atoms with Crippen LogP contribution in [0.2, 0.25) is 0 Å². The van der Waals surface area contributed by atoms with Gasteiger partial charge in [-0.25, -0.2) is 4.98 Å². The summed E-state index contributed by atoms with van der Waals surface area (Å²) in [4.78, 5) is 16.1. The zero-order chi connectivity index (χ0) is 15.1. The third kappa shape index (κ3) is 4.31. The maximum atomic E-state index is 11.8. The molecule has 2 N–H and O–H groups in total. The number of carbonyl (C=O) groups excluding carboxylic acids is 1. The molecule has 2 aromatic rings. The monoisotopic (exact) mass is 283 g/mol. The average molecular weight is 283 g/mol. The van der Waals surface area contributed by atoms with E-state index in [4.69, 9.17) is 0 Å². The first-order chi connectivity index (χ1) is 10.2. The molecule has 0 atom stereocenters. The lowest BCUT2D eigenvalue weighted by molar-refractivity contribution is 0.0948. The molecule has 1 heterocycles. The zero-order valence-corrected chi connectivity index (χ0v) is 12.5. The highest BCUT2D eigenvalue weighted by atomic mass is 16.1. The van der Waals surface area contributed by atoms with Gasteiger partial charge in [-0.15, -0.1) is 0 Å². The van der Waals surface area contributed by atoms with Crippen molar-refractivity contribution >= 4 is 17.3 Å². The predicted octanol–water partition coefficient (Wildman–Crippen LogP) is 3.66. The Balaban J connectivity index is 1.99. The largest absolute Gasteiger partial charge is 0.354 e. The van der Waals surface area contributed by atoms with E-state index in [9.17, 15) is 4.79 Å². The van der Waals surface area contributed by atoms with Crippen molar-refractivity contribution in [3.8, 4) is 0 Å². The lowest BCUT2D eigenvalue weighted by Gasteiger charge is -2.09. The van der Waals surface area contributed by atoms with Gasteiger partial charge in [-0.05, 0) is 37.1 Å². The highest BCUT2D eigenvalue weighted by molar-refractivity contribution is 5.92. The van der Waals surface area contributed by atoms with Gasteiger partial charge in [0.1, 0.15) is 5.69 Å². The Hall–Kier alpha value is -2.36. The molecule has 0 aliphatic heterocycles. The molecule has 1 aromatic carbocycles. The Kier molecular flexibility index (Phi) is 5.32. The number of nitrogens with zero attached hydrogens (tertiary/aromatic N) is 1. The fourth-order valence-electron chi connectivity index (χ4n) is 1.94. The molecule has 1 aromatic heterocycles. The van der Waals surface area contributed by atoms with Gasteiger partial charge in [-0.3, -0.25) is 4.79 Å². The van der Waals surface area contributed by atoms with Crippen molar-refractivity contribution in [1.29, 1.82) is 0 Å². The van der Waals surface area contributed by atoms with Gasteiger partial charge in [-0.1, -0.05) is 31.5 Å². The van der Waals surface area contributed by atoms with Crippen molar-refractivity contribution in [1.82, 2.24) is 10.3 Å². The van der Waals surface area contributed by atoms with Gasteiger partial charge in [0.05, 0.1) is 11.9 Å². The quantitative estimate of drug-likeness (QED) is 0.795. The van der Waals surface area contributed by atoms with Gasteiger partial charge >= 0.3 is 0 Å². The number of anilines is 2. The number of amides is 1. The van der Waals surface area contributed by atoms with E-state index in [0.717, 1.165) is 24.2 Å². The van der Waals surface area contributed by atoms with E-state index in [1.807, 2.05) is 37.3 Å². The van der Waals surface area contributed by atoms with Crippen LogP contribution in [-0.2, 0) is 0 Å². The molecule has 0 bridgehead atoms. The number of hydrogen-bond donors (Lipinski definition) is 2. The number of hydrogen-bond acceptors (Lipinski definition) is 3. The number of rotatable bonds is 6. The molecule has 110 valence electrons. The van der Waals surface area contributed by atoms with E-state index in [1.165, 1.54) is 5.56 Å². The SMILES string of the molecule is CCCCNC(=O)c1ccc(Nc2ccccc2C)cn1. The van der Waals surface area contributed by atoms with Gasteiger partial charge in [0.15, 0.2) is 0 Å². The predicted molar refractivity (Wildman–Crippen MR) is 85.9 cm³/mol. The number of benzene rings is 1. The van der Waals surface area contributed by atoms with Crippen LogP contribution in [0.15, 0.2) is 42.6 Å². The second-order valence-electron chi connectivity index (χ2n) is 4.98. The van der Waals surface area contributed by atoms with E-state index in [1.54, 1.807) is 12.3 Å². The number of aryl methyl sites for hydroxylation is 1. The molecule has 0 fully saturated rings. The van der Waals surface area contributed by atoms with Gasteiger partial charge in [0.2, 0.25) is 0 Å². The summed E-state index contributed by atoms with van der Waals surface area (Å²) in [6.45, 7) is 4.84. The minimum absolute atomic E-state index is 0.120. The van der Waals surface area contributed by atoms with Crippen LogP contribution in [0.4, 0.5) is 11.4 Å². The summed E-state index contributed by atoms with van der Waals surface area (Å²) in [7, 11) is 0. The lowest BCUT2D eigenvalue weighted by Crippen LogP contribution is -2.25. The normalized spacial score (nSPS) is 10.2. The van der Waals surface area contributed by atoms with E-state index >= 15 is 0 Å². The summed E-state index contributed by atoms with van der Waals surface area (Å²) < 4.78 is 0. The second-order valence-corrected chi connectivity index (χ2v) is 4.98. The number of unbranched alkanes of at least 4 members (excludes halogenated alkanes) is 1. The maximum Gasteiger partial charge on any atom is 0.269 e. The van der Waals surface area contributed by atoms with Crippen LogP contribution in [-0.4, -0.2) is 17.4 Å².